The topological polar surface area (TPSA) is 231 Å². The second-order valence-corrected chi connectivity index (χ2v) is 7.88. The number of carboxylic acid groups (broad SMARTS) is 1. The lowest BCUT2D eigenvalue weighted by atomic mass is 10.1. The van der Waals surface area contributed by atoms with Crippen LogP contribution in [-0.2, 0) is 24.0 Å². The summed E-state index contributed by atoms with van der Waals surface area (Å²) in [7, 11) is 0. The van der Waals surface area contributed by atoms with Gasteiger partial charge in [0.15, 0.2) is 0 Å². The molecular formula is C19H34N6O7. The fourth-order valence-corrected chi connectivity index (χ4v) is 3.47. The number of likely N-dealkylation sites (tertiary alicyclic amines) is 1. The van der Waals surface area contributed by atoms with Crippen molar-refractivity contribution < 1.29 is 34.2 Å². The molecule has 32 heavy (non-hydrogen) atoms. The van der Waals surface area contributed by atoms with Crippen molar-refractivity contribution >= 4 is 29.6 Å². The summed E-state index contributed by atoms with van der Waals surface area (Å²) in [6.07, 6.45) is 0.693. The Morgan fingerprint density at radius 3 is 2.34 bits per heavy atom. The standard InChI is InChI=1S/C19H34N6O7/c1-10(26)15(17(29)23-12(19(31)32)9-14(22)27)24-16(28)13-6-4-8-25(13)18(30)11(21)5-2-3-7-20/h10-13,15,26H,2-9,20-21H2,1H3,(H2,22,27)(H,23,29)(H,24,28)(H,31,32). The number of aliphatic carboxylic acids is 1. The van der Waals surface area contributed by atoms with Crippen molar-refractivity contribution in [3.8, 4) is 0 Å². The van der Waals surface area contributed by atoms with Gasteiger partial charge in [-0.1, -0.05) is 6.42 Å². The third-order valence-electron chi connectivity index (χ3n) is 5.21. The highest BCUT2D eigenvalue weighted by Gasteiger charge is 2.38. The van der Waals surface area contributed by atoms with Crippen LogP contribution in [0.1, 0.15) is 45.4 Å². The first-order valence-corrected chi connectivity index (χ1v) is 10.6. The van der Waals surface area contributed by atoms with E-state index in [1.807, 2.05) is 0 Å². The van der Waals surface area contributed by atoms with Gasteiger partial charge in [-0.05, 0) is 39.2 Å². The number of aliphatic hydroxyl groups is 1. The third-order valence-corrected chi connectivity index (χ3v) is 5.21. The number of nitrogens with zero attached hydrogens (tertiary/aromatic N) is 1. The molecule has 0 bridgehead atoms. The van der Waals surface area contributed by atoms with Gasteiger partial charge in [0.25, 0.3) is 0 Å². The van der Waals surface area contributed by atoms with Gasteiger partial charge < -0.3 is 42.9 Å². The molecular weight excluding hydrogens is 424 g/mol. The number of nitrogens with one attached hydrogen (secondary N) is 2. The molecule has 10 N–H and O–H groups in total. The quantitative estimate of drug-likeness (QED) is 0.137. The molecule has 5 atom stereocenters. The van der Waals surface area contributed by atoms with E-state index in [9.17, 15) is 29.1 Å². The first-order chi connectivity index (χ1) is 15.0. The zero-order valence-corrected chi connectivity index (χ0v) is 18.2. The lowest BCUT2D eigenvalue weighted by molar-refractivity contribution is -0.145. The van der Waals surface area contributed by atoms with Crippen LogP contribution >= 0.6 is 0 Å². The molecule has 4 amide bonds. The molecule has 13 nitrogen and oxygen atoms in total. The molecule has 1 aliphatic heterocycles. The van der Waals surface area contributed by atoms with Crippen LogP contribution in [-0.4, -0.2) is 88.1 Å². The molecule has 0 aromatic carbocycles. The Hall–Kier alpha value is -2.77. The molecule has 0 radical (unpaired) electrons. The van der Waals surface area contributed by atoms with Crippen molar-refractivity contribution in [1.29, 1.82) is 0 Å². The lowest BCUT2D eigenvalue weighted by Gasteiger charge is -2.29. The van der Waals surface area contributed by atoms with Crippen LogP contribution in [0.5, 0.6) is 0 Å². The molecule has 0 saturated carbocycles. The summed E-state index contributed by atoms with van der Waals surface area (Å²) >= 11 is 0. The molecule has 13 heteroatoms. The van der Waals surface area contributed by atoms with Crippen molar-refractivity contribution in [3.05, 3.63) is 0 Å². The van der Waals surface area contributed by atoms with Crippen molar-refractivity contribution in [1.82, 2.24) is 15.5 Å². The predicted octanol–water partition coefficient (Wildman–Crippen LogP) is -3.26. The highest BCUT2D eigenvalue weighted by molar-refractivity contribution is 5.95. The van der Waals surface area contributed by atoms with Gasteiger partial charge >= 0.3 is 5.97 Å². The molecule has 0 spiro atoms. The normalized spacial score (nSPS) is 19.5. The van der Waals surface area contributed by atoms with Crippen LogP contribution in [0.4, 0.5) is 0 Å². The van der Waals surface area contributed by atoms with E-state index < -0.39 is 60.4 Å². The van der Waals surface area contributed by atoms with E-state index in [2.05, 4.69) is 10.6 Å². The Kier molecular flexibility index (Phi) is 11.0. The predicted molar refractivity (Wildman–Crippen MR) is 113 cm³/mol. The maximum atomic E-state index is 12.8. The molecule has 1 rings (SSSR count). The molecule has 0 aromatic heterocycles. The largest absolute Gasteiger partial charge is 0.480 e. The van der Waals surface area contributed by atoms with Gasteiger partial charge in [0.2, 0.25) is 23.6 Å². The highest BCUT2D eigenvalue weighted by atomic mass is 16.4. The smallest absolute Gasteiger partial charge is 0.326 e. The average molecular weight is 459 g/mol. The van der Waals surface area contributed by atoms with Crippen LogP contribution < -0.4 is 27.8 Å². The SMILES string of the molecule is CC(O)C(NC(=O)C1CCCN1C(=O)C(N)CCCCN)C(=O)NC(CC(N)=O)C(=O)O. The van der Waals surface area contributed by atoms with Gasteiger partial charge in [-0.3, -0.25) is 19.2 Å². The van der Waals surface area contributed by atoms with E-state index in [0.717, 1.165) is 6.42 Å². The fourth-order valence-electron chi connectivity index (χ4n) is 3.47. The van der Waals surface area contributed by atoms with Crippen LogP contribution in [0, 0.1) is 0 Å². The second kappa shape index (κ2) is 12.9. The van der Waals surface area contributed by atoms with Gasteiger partial charge in [-0.2, -0.15) is 0 Å². The minimum absolute atomic E-state index is 0.326. The number of hydrogen-bond donors (Lipinski definition) is 7. The summed E-state index contributed by atoms with van der Waals surface area (Å²) in [6.45, 7) is 2.05. The molecule has 1 saturated heterocycles. The van der Waals surface area contributed by atoms with E-state index in [0.29, 0.717) is 38.8 Å². The Balaban J connectivity index is 2.83. The van der Waals surface area contributed by atoms with Gasteiger partial charge in [-0.25, -0.2) is 4.79 Å². The Bertz CT molecular complexity index is 702. The maximum absolute atomic E-state index is 12.8. The molecule has 182 valence electrons. The van der Waals surface area contributed by atoms with Gasteiger partial charge in [-0.15, -0.1) is 0 Å². The number of unbranched alkanes of at least 4 members (excludes halogenated alkanes) is 1. The first-order valence-electron chi connectivity index (χ1n) is 10.6. The van der Waals surface area contributed by atoms with Gasteiger partial charge in [0.05, 0.1) is 18.6 Å². The number of amides is 4. The molecule has 5 unspecified atom stereocenters. The summed E-state index contributed by atoms with van der Waals surface area (Å²) in [6, 6.07) is -4.78. The zero-order chi connectivity index (χ0) is 24.4. The molecule has 1 heterocycles. The number of carboxylic acids is 1. The average Bonchev–Trinajstić information content (AvgIpc) is 3.20. The first kappa shape index (κ1) is 27.3. The number of carbonyl (C=O) groups excluding carboxylic acids is 4. The summed E-state index contributed by atoms with van der Waals surface area (Å²) < 4.78 is 0. The minimum Gasteiger partial charge on any atom is -0.480 e. The molecule has 0 aliphatic carbocycles. The number of hydrogen-bond acceptors (Lipinski definition) is 8. The lowest BCUT2D eigenvalue weighted by Crippen LogP contribution is -2.59. The number of carbonyl (C=O) groups is 5. The third kappa shape index (κ3) is 8.05. The number of primary amides is 1. The van der Waals surface area contributed by atoms with E-state index in [4.69, 9.17) is 22.3 Å². The maximum Gasteiger partial charge on any atom is 0.326 e. The van der Waals surface area contributed by atoms with Crippen LogP contribution in [0.25, 0.3) is 0 Å². The number of aliphatic hydroxyl groups excluding tert-OH is 1. The number of rotatable bonds is 13. The summed E-state index contributed by atoms with van der Waals surface area (Å²) in [4.78, 5) is 61.6. The van der Waals surface area contributed by atoms with Gasteiger partial charge in [0.1, 0.15) is 18.1 Å². The Labute approximate surface area is 186 Å². The molecule has 1 fully saturated rings. The molecule has 1 aliphatic rings. The van der Waals surface area contributed by atoms with Crippen molar-refractivity contribution in [2.45, 2.75) is 75.7 Å². The van der Waals surface area contributed by atoms with Gasteiger partial charge in [0, 0.05) is 6.54 Å². The van der Waals surface area contributed by atoms with Crippen molar-refractivity contribution in [2.75, 3.05) is 13.1 Å². The van der Waals surface area contributed by atoms with Crippen LogP contribution in [0.3, 0.4) is 0 Å². The zero-order valence-electron chi connectivity index (χ0n) is 18.2. The van der Waals surface area contributed by atoms with E-state index >= 15 is 0 Å². The monoisotopic (exact) mass is 458 g/mol. The summed E-state index contributed by atoms with van der Waals surface area (Å²) in [5.41, 5.74) is 16.4. The Morgan fingerprint density at radius 2 is 1.81 bits per heavy atom. The highest BCUT2D eigenvalue weighted by Crippen LogP contribution is 2.19. The van der Waals surface area contributed by atoms with Crippen LogP contribution in [0.15, 0.2) is 0 Å². The number of nitrogens with two attached hydrogens (primary N) is 3. The second-order valence-electron chi connectivity index (χ2n) is 7.88. The van der Waals surface area contributed by atoms with E-state index in [1.54, 1.807) is 0 Å². The Morgan fingerprint density at radius 1 is 1.16 bits per heavy atom. The van der Waals surface area contributed by atoms with Crippen molar-refractivity contribution in [3.63, 3.8) is 0 Å². The van der Waals surface area contributed by atoms with E-state index in [1.165, 1.54) is 11.8 Å². The van der Waals surface area contributed by atoms with E-state index in [-0.39, 0.29) is 5.91 Å². The summed E-state index contributed by atoms with van der Waals surface area (Å²) in [5.74, 6) is -4.50. The summed E-state index contributed by atoms with van der Waals surface area (Å²) in [5, 5.41) is 23.6. The van der Waals surface area contributed by atoms with Crippen molar-refractivity contribution in [2.24, 2.45) is 17.2 Å². The van der Waals surface area contributed by atoms with Crippen LogP contribution in [0.2, 0.25) is 0 Å². The minimum atomic E-state index is -1.62. The molecule has 0 aromatic rings. The fraction of sp³-hybridized carbons (Fsp3) is 0.737.